The van der Waals surface area contributed by atoms with Crippen molar-refractivity contribution < 1.29 is 4.74 Å². The number of rotatable bonds is 7. The zero-order valence-corrected chi connectivity index (χ0v) is 16.5. The van der Waals surface area contributed by atoms with E-state index < -0.39 is 0 Å². The van der Waals surface area contributed by atoms with E-state index >= 15 is 0 Å². The Hall–Kier alpha value is -2.77. The second kappa shape index (κ2) is 8.50. The van der Waals surface area contributed by atoms with Gasteiger partial charge in [-0.05, 0) is 55.0 Å². The summed E-state index contributed by atoms with van der Waals surface area (Å²) in [6.07, 6.45) is 8.42. The summed E-state index contributed by atoms with van der Waals surface area (Å²) < 4.78 is 7.45. The van der Waals surface area contributed by atoms with Crippen LogP contribution in [0.1, 0.15) is 29.9 Å². The van der Waals surface area contributed by atoms with E-state index in [4.69, 9.17) is 17.0 Å². The summed E-state index contributed by atoms with van der Waals surface area (Å²) in [6.45, 7) is 1.51. The molecule has 0 aliphatic carbocycles. The molecule has 0 bridgehead atoms. The van der Waals surface area contributed by atoms with E-state index in [9.17, 15) is 0 Å². The van der Waals surface area contributed by atoms with Gasteiger partial charge < -0.3 is 19.5 Å². The van der Waals surface area contributed by atoms with E-state index in [1.54, 1.807) is 7.11 Å². The zero-order valence-electron chi connectivity index (χ0n) is 15.7. The Morgan fingerprint density at radius 3 is 2.71 bits per heavy atom. The third-order valence-corrected chi connectivity index (χ3v) is 5.32. The van der Waals surface area contributed by atoms with Gasteiger partial charge in [-0.2, -0.15) is 0 Å². The number of aromatic nitrogens is 3. The lowest BCUT2D eigenvalue weighted by Crippen LogP contribution is -2.32. The monoisotopic (exact) mass is 393 g/mol. The average Bonchev–Trinajstić information content (AvgIpc) is 3.34. The van der Waals surface area contributed by atoms with Crippen molar-refractivity contribution in [3.05, 3.63) is 78.6 Å². The maximum absolute atomic E-state index is 5.71. The van der Waals surface area contributed by atoms with Crippen molar-refractivity contribution >= 4 is 17.3 Å². The standard InChI is InChI=1S/C21H23N5OS/c1-27-15-5-14-26-20(19(24-21(26)28)17-6-2-3-10-23-17)18-7-4-13-25(18)16-8-11-22-12-9-16/h2-4,6-13,19-20H,5,14-15H2,1H3,(H,24,28)/t19-,20-/m1/s1. The third kappa shape index (κ3) is 3.63. The molecular weight excluding hydrogens is 370 g/mol. The summed E-state index contributed by atoms with van der Waals surface area (Å²) in [7, 11) is 1.73. The number of ether oxygens (including phenoxy) is 1. The Morgan fingerprint density at radius 2 is 1.96 bits per heavy atom. The molecule has 2 atom stereocenters. The van der Waals surface area contributed by atoms with Crippen LogP contribution in [-0.4, -0.2) is 44.8 Å². The molecule has 1 saturated heterocycles. The lowest BCUT2D eigenvalue weighted by atomic mass is 10.0. The van der Waals surface area contributed by atoms with Crippen LogP contribution in [0.3, 0.4) is 0 Å². The van der Waals surface area contributed by atoms with Gasteiger partial charge >= 0.3 is 0 Å². The average molecular weight is 394 g/mol. The molecule has 0 radical (unpaired) electrons. The molecule has 4 heterocycles. The van der Waals surface area contributed by atoms with Crippen LogP contribution in [0.15, 0.2) is 67.3 Å². The first-order valence-corrected chi connectivity index (χ1v) is 9.75. The highest BCUT2D eigenvalue weighted by Gasteiger charge is 2.40. The topological polar surface area (TPSA) is 55.2 Å². The molecule has 0 aromatic carbocycles. The number of thiocarbonyl (C=S) groups is 1. The predicted molar refractivity (Wildman–Crippen MR) is 112 cm³/mol. The van der Waals surface area contributed by atoms with Crippen molar-refractivity contribution in [2.45, 2.75) is 18.5 Å². The first-order chi connectivity index (χ1) is 13.8. The maximum atomic E-state index is 5.71. The Kier molecular flexibility index (Phi) is 5.64. The van der Waals surface area contributed by atoms with Gasteiger partial charge in [0.1, 0.15) is 0 Å². The van der Waals surface area contributed by atoms with Crippen LogP contribution in [0.5, 0.6) is 0 Å². The summed E-state index contributed by atoms with van der Waals surface area (Å²) in [5, 5.41) is 4.24. The van der Waals surface area contributed by atoms with Crippen LogP contribution < -0.4 is 5.32 Å². The molecule has 1 fully saturated rings. The van der Waals surface area contributed by atoms with Crippen LogP contribution in [-0.2, 0) is 4.74 Å². The number of pyridine rings is 2. The van der Waals surface area contributed by atoms with Crippen molar-refractivity contribution in [2.75, 3.05) is 20.3 Å². The predicted octanol–water partition coefficient (Wildman–Crippen LogP) is 3.28. The van der Waals surface area contributed by atoms with E-state index in [0.29, 0.717) is 6.61 Å². The molecular formula is C21H23N5OS. The quantitative estimate of drug-likeness (QED) is 0.491. The molecule has 144 valence electrons. The molecule has 3 aromatic rings. The van der Waals surface area contributed by atoms with Crippen LogP contribution in [0.4, 0.5) is 0 Å². The molecule has 3 aromatic heterocycles. The van der Waals surface area contributed by atoms with Crippen molar-refractivity contribution in [3.8, 4) is 5.69 Å². The molecule has 0 unspecified atom stereocenters. The van der Waals surface area contributed by atoms with Gasteiger partial charge in [0, 0.05) is 56.4 Å². The van der Waals surface area contributed by atoms with Crippen LogP contribution in [0, 0.1) is 0 Å². The molecule has 0 spiro atoms. The molecule has 6 nitrogen and oxygen atoms in total. The lowest BCUT2D eigenvalue weighted by Gasteiger charge is -2.29. The molecule has 1 aliphatic rings. The minimum atomic E-state index is -0.0215. The van der Waals surface area contributed by atoms with Crippen molar-refractivity contribution in [1.29, 1.82) is 0 Å². The highest BCUT2D eigenvalue weighted by Crippen LogP contribution is 2.39. The number of hydrogen-bond donors (Lipinski definition) is 1. The molecule has 28 heavy (non-hydrogen) atoms. The zero-order chi connectivity index (χ0) is 19.3. The summed E-state index contributed by atoms with van der Waals surface area (Å²) in [6, 6.07) is 14.2. The molecule has 7 heteroatoms. The van der Waals surface area contributed by atoms with Crippen molar-refractivity contribution in [2.24, 2.45) is 0 Å². The Bertz CT molecular complexity index is 915. The first kappa shape index (κ1) is 18.6. The Labute approximate surface area is 170 Å². The largest absolute Gasteiger partial charge is 0.385 e. The second-order valence-electron chi connectivity index (χ2n) is 6.67. The van der Waals surface area contributed by atoms with E-state index in [0.717, 1.165) is 35.2 Å². The Morgan fingerprint density at radius 1 is 1.11 bits per heavy atom. The maximum Gasteiger partial charge on any atom is 0.170 e. The van der Waals surface area contributed by atoms with E-state index in [1.807, 2.05) is 48.9 Å². The third-order valence-electron chi connectivity index (χ3n) is 4.97. The summed E-state index contributed by atoms with van der Waals surface area (Å²) in [4.78, 5) is 11.0. The van der Waals surface area contributed by atoms with Gasteiger partial charge in [-0.3, -0.25) is 9.97 Å². The minimum Gasteiger partial charge on any atom is -0.385 e. The van der Waals surface area contributed by atoms with Crippen LogP contribution in [0.2, 0.25) is 0 Å². The second-order valence-corrected chi connectivity index (χ2v) is 7.06. The van der Waals surface area contributed by atoms with Crippen molar-refractivity contribution in [3.63, 3.8) is 0 Å². The van der Waals surface area contributed by atoms with E-state index in [-0.39, 0.29) is 12.1 Å². The van der Waals surface area contributed by atoms with Gasteiger partial charge in [0.25, 0.3) is 0 Å². The number of nitrogens with zero attached hydrogens (tertiary/aromatic N) is 4. The first-order valence-electron chi connectivity index (χ1n) is 9.34. The van der Waals surface area contributed by atoms with E-state index in [1.165, 1.54) is 0 Å². The minimum absolute atomic E-state index is 0.0215. The fourth-order valence-electron chi connectivity index (χ4n) is 3.72. The summed E-state index contributed by atoms with van der Waals surface area (Å²) in [5.41, 5.74) is 3.21. The van der Waals surface area contributed by atoms with Crippen LogP contribution >= 0.6 is 12.2 Å². The number of nitrogens with one attached hydrogen (secondary N) is 1. The van der Waals surface area contributed by atoms with Crippen LogP contribution in [0.25, 0.3) is 5.69 Å². The normalized spacial score (nSPS) is 19.0. The number of methoxy groups -OCH3 is 1. The van der Waals surface area contributed by atoms with Gasteiger partial charge in [-0.1, -0.05) is 6.07 Å². The fourth-order valence-corrected chi connectivity index (χ4v) is 4.05. The summed E-state index contributed by atoms with van der Waals surface area (Å²) in [5.74, 6) is 0. The van der Waals surface area contributed by atoms with E-state index in [2.05, 4.69) is 43.1 Å². The molecule has 4 rings (SSSR count). The summed E-state index contributed by atoms with van der Waals surface area (Å²) >= 11 is 5.71. The van der Waals surface area contributed by atoms with Gasteiger partial charge in [-0.15, -0.1) is 0 Å². The Balaban J connectivity index is 1.75. The van der Waals surface area contributed by atoms with Gasteiger partial charge in [-0.25, -0.2) is 0 Å². The smallest absolute Gasteiger partial charge is 0.170 e. The molecule has 1 N–H and O–H groups in total. The molecule has 0 amide bonds. The SMILES string of the molecule is COCCCN1C(=S)N[C@H](c2ccccn2)[C@H]1c1cccn1-c1ccncc1. The van der Waals surface area contributed by atoms with Crippen molar-refractivity contribution in [1.82, 2.24) is 24.8 Å². The highest BCUT2D eigenvalue weighted by atomic mass is 32.1. The van der Waals surface area contributed by atoms with Gasteiger partial charge in [0.15, 0.2) is 5.11 Å². The molecule has 1 aliphatic heterocycles. The number of hydrogen-bond acceptors (Lipinski definition) is 4. The van der Waals surface area contributed by atoms with Gasteiger partial charge in [0.2, 0.25) is 0 Å². The lowest BCUT2D eigenvalue weighted by molar-refractivity contribution is 0.180. The fraction of sp³-hybridized carbons (Fsp3) is 0.286. The highest BCUT2D eigenvalue weighted by molar-refractivity contribution is 7.80. The molecule has 0 saturated carbocycles. The van der Waals surface area contributed by atoms with Gasteiger partial charge in [0.05, 0.1) is 17.8 Å².